The summed E-state index contributed by atoms with van der Waals surface area (Å²) in [6.07, 6.45) is 2.76. The maximum atomic E-state index is 16.9. The lowest BCUT2D eigenvalue weighted by atomic mass is 9.90. The lowest BCUT2D eigenvalue weighted by Crippen LogP contribution is -2.67. The Labute approximate surface area is 280 Å². The second-order valence-electron chi connectivity index (χ2n) is 14.6. The number of ether oxygens (including phenoxy) is 1. The zero-order chi connectivity index (χ0) is 34.0. The van der Waals surface area contributed by atoms with Crippen molar-refractivity contribution in [1.29, 1.82) is 5.26 Å². The lowest BCUT2D eigenvalue weighted by molar-refractivity contribution is 0.00618. The van der Waals surface area contributed by atoms with Crippen LogP contribution in [0.3, 0.4) is 0 Å². The zero-order valence-electron chi connectivity index (χ0n) is 28.5. The van der Waals surface area contributed by atoms with E-state index >= 15 is 4.39 Å². The fourth-order valence-electron chi connectivity index (χ4n) is 7.03. The molecule has 2 saturated heterocycles. The van der Waals surface area contributed by atoms with Gasteiger partial charge in [-0.05, 0) is 85.7 Å². The van der Waals surface area contributed by atoms with Gasteiger partial charge in [0, 0.05) is 48.2 Å². The minimum atomic E-state index is -0.642. The lowest BCUT2D eigenvalue weighted by Gasteiger charge is -2.52. The number of nitriles is 1. The number of aryl methyl sites for hydroxylation is 2. The number of rotatable bonds is 5. The van der Waals surface area contributed by atoms with Crippen LogP contribution < -0.4 is 4.90 Å². The monoisotopic (exact) mass is 659 g/mol. The molecular formula is C36H43ClFN7O2. The number of imidazole rings is 1. The zero-order valence-corrected chi connectivity index (χ0v) is 29.2. The van der Waals surface area contributed by atoms with E-state index in [-0.39, 0.29) is 29.6 Å². The Morgan fingerprint density at radius 3 is 2.60 bits per heavy atom. The van der Waals surface area contributed by atoms with Gasteiger partial charge < -0.3 is 24.0 Å². The van der Waals surface area contributed by atoms with Crippen molar-refractivity contribution in [2.24, 2.45) is 0 Å². The Bertz CT molecular complexity index is 1920. The molecule has 2 aliphatic heterocycles. The average molecular weight is 660 g/mol. The summed E-state index contributed by atoms with van der Waals surface area (Å²) in [5.74, 6) is 0.232. The van der Waals surface area contributed by atoms with E-state index in [1.807, 2.05) is 65.2 Å². The van der Waals surface area contributed by atoms with Crippen molar-refractivity contribution < 1.29 is 13.9 Å². The molecule has 47 heavy (non-hydrogen) atoms. The van der Waals surface area contributed by atoms with Crippen LogP contribution in [0.5, 0.6) is 0 Å². The third-order valence-corrected chi connectivity index (χ3v) is 10.4. The van der Waals surface area contributed by atoms with E-state index in [4.69, 9.17) is 26.3 Å². The molecule has 2 unspecified atom stereocenters. The van der Waals surface area contributed by atoms with Gasteiger partial charge >= 0.3 is 6.09 Å². The standard InChI is InChI=1S/C36H43ClFN7O2/c1-21-10-9-11-25(28(21)37)27-22(2)16-26-30(29(27)38)41-33(43-18-36(6,19-43)42(7)8)31-32(26)45(20-40-31)24-13-15-44(23(17-24)12-14-39)34(46)47-35(3,4)5/h9-11,16,20,23-24H,12-13,15,17-19H2,1-8H3. The van der Waals surface area contributed by atoms with Crippen molar-refractivity contribution in [3.63, 3.8) is 0 Å². The summed E-state index contributed by atoms with van der Waals surface area (Å²) in [5.41, 5.74) is 3.80. The molecule has 4 heterocycles. The minimum Gasteiger partial charge on any atom is -0.444 e. The molecule has 2 aromatic heterocycles. The molecule has 11 heteroatoms. The highest BCUT2D eigenvalue weighted by Gasteiger charge is 2.43. The number of pyridine rings is 1. The molecule has 0 saturated carbocycles. The molecule has 2 aromatic carbocycles. The van der Waals surface area contributed by atoms with E-state index in [0.29, 0.717) is 52.3 Å². The molecule has 2 aliphatic rings. The molecule has 6 rings (SSSR count). The Morgan fingerprint density at radius 1 is 1.21 bits per heavy atom. The number of nitrogens with zero attached hydrogens (tertiary/aromatic N) is 7. The predicted molar refractivity (Wildman–Crippen MR) is 184 cm³/mol. The van der Waals surface area contributed by atoms with Crippen molar-refractivity contribution >= 4 is 45.4 Å². The van der Waals surface area contributed by atoms with Gasteiger partial charge in [0.05, 0.1) is 34.9 Å². The number of benzene rings is 2. The number of likely N-dealkylation sites (N-methyl/N-ethyl adjacent to an activating group) is 1. The summed E-state index contributed by atoms with van der Waals surface area (Å²) in [4.78, 5) is 29.1. The summed E-state index contributed by atoms with van der Waals surface area (Å²) < 4.78 is 24.7. The van der Waals surface area contributed by atoms with Crippen LogP contribution in [0.15, 0.2) is 30.6 Å². The average Bonchev–Trinajstić information content (AvgIpc) is 3.42. The van der Waals surface area contributed by atoms with E-state index in [0.717, 1.165) is 29.7 Å². The maximum absolute atomic E-state index is 16.9. The Hall–Kier alpha value is -3.94. The van der Waals surface area contributed by atoms with E-state index < -0.39 is 17.5 Å². The molecule has 0 aliphatic carbocycles. The molecule has 0 N–H and O–H groups in total. The summed E-state index contributed by atoms with van der Waals surface area (Å²) in [6, 6.07) is 9.50. The van der Waals surface area contributed by atoms with Crippen LogP contribution >= 0.6 is 11.6 Å². The number of halogens is 2. The second-order valence-corrected chi connectivity index (χ2v) is 15.0. The Kier molecular flexibility index (Phi) is 8.38. The largest absolute Gasteiger partial charge is 0.444 e. The summed E-state index contributed by atoms with van der Waals surface area (Å²) in [7, 11) is 4.13. The van der Waals surface area contributed by atoms with Crippen LogP contribution in [0.2, 0.25) is 5.02 Å². The van der Waals surface area contributed by atoms with Crippen LogP contribution in [0, 0.1) is 31.0 Å². The first-order valence-electron chi connectivity index (χ1n) is 16.2. The van der Waals surface area contributed by atoms with Gasteiger partial charge in [-0.2, -0.15) is 5.26 Å². The summed E-state index contributed by atoms with van der Waals surface area (Å²) in [6.45, 7) is 13.4. The highest BCUT2D eigenvalue weighted by Crippen LogP contribution is 2.43. The fraction of sp³-hybridized carbons (Fsp3) is 0.500. The normalized spacial score (nSPS) is 19.7. The van der Waals surface area contributed by atoms with Crippen LogP contribution in [0.1, 0.15) is 64.1 Å². The highest BCUT2D eigenvalue weighted by molar-refractivity contribution is 6.34. The van der Waals surface area contributed by atoms with Crippen molar-refractivity contribution in [1.82, 2.24) is 24.3 Å². The smallest absolute Gasteiger partial charge is 0.410 e. The van der Waals surface area contributed by atoms with Gasteiger partial charge in [-0.1, -0.05) is 29.8 Å². The topological polar surface area (TPSA) is 90.5 Å². The summed E-state index contributed by atoms with van der Waals surface area (Å²) >= 11 is 6.74. The molecule has 0 spiro atoms. The second kappa shape index (κ2) is 11.9. The molecule has 0 bridgehead atoms. The van der Waals surface area contributed by atoms with Crippen LogP contribution in [-0.2, 0) is 4.74 Å². The number of carbonyl (C=O) groups excluding carboxylic acids is 1. The number of amides is 1. The quantitative estimate of drug-likeness (QED) is 0.217. The van der Waals surface area contributed by atoms with Gasteiger partial charge in [-0.15, -0.1) is 0 Å². The molecule has 0 radical (unpaired) electrons. The van der Waals surface area contributed by atoms with Gasteiger partial charge in [-0.3, -0.25) is 0 Å². The fourth-order valence-corrected chi connectivity index (χ4v) is 7.25. The number of carbonyl (C=O) groups is 1. The Morgan fingerprint density at radius 2 is 1.94 bits per heavy atom. The van der Waals surface area contributed by atoms with E-state index in [2.05, 4.69) is 41.5 Å². The van der Waals surface area contributed by atoms with Gasteiger partial charge in [0.1, 0.15) is 16.6 Å². The maximum Gasteiger partial charge on any atom is 0.410 e. The first-order chi connectivity index (χ1) is 22.1. The molecule has 9 nitrogen and oxygen atoms in total. The first-order valence-corrected chi connectivity index (χ1v) is 16.5. The van der Waals surface area contributed by atoms with E-state index in [1.54, 1.807) is 4.90 Å². The molecule has 1 amide bonds. The number of aromatic nitrogens is 3. The molecule has 248 valence electrons. The molecule has 2 atom stereocenters. The van der Waals surface area contributed by atoms with Crippen molar-refractivity contribution in [2.75, 3.05) is 38.6 Å². The van der Waals surface area contributed by atoms with Gasteiger partial charge in [0.25, 0.3) is 0 Å². The number of hydrogen-bond donors (Lipinski definition) is 0. The van der Waals surface area contributed by atoms with Crippen molar-refractivity contribution in [3.8, 4) is 17.2 Å². The van der Waals surface area contributed by atoms with Crippen molar-refractivity contribution in [2.45, 2.75) is 84.0 Å². The third kappa shape index (κ3) is 5.78. The molecule has 4 aromatic rings. The van der Waals surface area contributed by atoms with Gasteiger partial charge in [0.2, 0.25) is 0 Å². The van der Waals surface area contributed by atoms with E-state index in [1.165, 1.54) is 0 Å². The third-order valence-electron chi connectivity index (χ3n) is 9.86. The highest BCUT2D eigenvalue weighted by atomic mass is 35.5. The number of hydrogen-bond acceptors (Lipinski definition) is 7. The van der Waals surface area contributed by atoms with Crippen LogP contribution in [0.25, 0.3) is 33.1 Å². The number of anilines is 1. The van der Waals surface area contributed by atoms with Crippen LogP contribution in [0.4, 0.5) is 15.0 Å². The minimum absolute atomic E-state index is 0.0450. The predicted octanol–water partition coefficient (Wildman–Crippen LogP) is 7.66. The molecular weight excluding hydrogens is 617 g/mol. The SMILES string of the molecule is Cc1cccc(-c2c(C)cc3c(nc(N4CC(C)(N(C)C)C4)c4ncn(C5CCN(C(=O)OC(C)(C)C)C(CC#N)C5)c43)c2F)c1Cl. The van der Waals surface area contributed by atoms with Gasteiger partial charge in [-0.25, -0.2) is 19.2 Å². The number of fused-ring (bicyclic) bond motifs is 3. The van der Waals surface area contributed by atoms with Crippen molar-refractivity contribution in [3.05, 3.63) is 52.6 Å². The number of likely N-dealkylation sites (tertiary alicyclic amines) is 1. The Balaban J connectivity index is 1.51. The summed E-state index contributed by atoms with van der Waals surface area (Å²) in [5, 5.41) is 10.9. The van der Waals surface area contributed by atoms with Crippen LogP contribution in [-0.4, -0.2) is 81.3 Å². The first kappa shape index (κ1) is 33.0. The van der Waals surface area contributed by atoms with Gasteiger partial charge in [0.15, 0.2) is 11.6 Å². The van der Waals surface area contributed by atoms with E-state index in [9.17, 15) is 10.1 Å². The number of piperidine rings is 1. The molecule has 2 fully saturated rings.